The molecule has 0 unspecified atom stereocenters. The molecule has 1 fully saturated rings. The average molecular weight is 131 g/mol. The van der Waals surface area contributed by atoms with Crippen LogP contribution in [0.2, 0.25) is 0 Å². The number of rotatable bonds is 1. The molecule has 0 aromatic rings. The van der Waals surface area contributed by atoms with E-state index in [4.69, 9.17) is 10.2 Å². The second kappa shape index (κ2) is 2.64. The maximum absolute atomic E-state index is 9.16. The normalized spacial score (nSPS) is 37.7. The molecule has 9 heavy (non-hydrogen) atoms. The molecule has 1 rings (SSSR count). The molecule has 1 saturated heterocycles. The van der Waals surface area contributed by atoms with Crippen LogP contribution in [0.3, 0.4) is 0 Å². The Morgan fingerprint density at radius 2 is 2.22 bits per heavy atom. The van der Waals surface area contributed by atoms with Gasteiger partial charge in [-0.3, -0.25) is 0 Å². The molecule has 2 N–H and O–H groups in total. The summed E-state index contributed by atoms with van der Waals surface area (Å²) in [7, 11) is 1.94. The Kier molecular flexibility index (Phi) is 2.05. The molecule has 1 aliphatic rings. The second-order valence-corrected chi connectivity index (χ2v) is 2.73. The number of likely N-dealkylation sites (N-methyl/N-ethyl adjacent to an activating group) is 1. The van der Waals surface area contributed by atoms with E-state index in [-0.39, 0.29) is 18.6 Å². The smallest absolute Gasteiger partial charge is 0.0729 e. The Bertz CT molecular complexity index is 97.1. The number of β-amino-alcohol motifs (C(OH)–C–C–N with tert-alkyl or cyclic N) is 1. The lowest BCUT2D eigenvalue weighted by molar-refractivity contribution is 0.103. The highest BCUT2D eigenvalue weighted by molar-refractivity contribution is 4.80. The Hall–Kier alpha value is -0.120. The van der Waals surface area contributed by atoms with Gasteiger partial charge in [-0.15, -0.1) is 0 Å². The summed E-state index contributed by atoms with van der Waals surface area (Å²) in [6, 6.07) is 0. The quantitative estimate of drug-likeness (QED) is 0.475. The molecule has 1 aliphatic heterocycles. The molecule has 0 saturated carbocycles. The van der Waals surface area contributed by atoms with Crippen molar-refractivity contribution in [3.63, 3.8) is 0 Å². The minimum Gasteiger partial charge on any atom is -0.396 e. The van der Waals surface area contributed by atoms with Crippen LogP contribution in [0.25, 0.3) is 0 Å². The van der Waals surface area contributed by atoms with Gasteiger partial charge < -0.3 is 15.1 Å². The van der Waals surface area contributed by atoms with Crippen molar-refractivity contribution >= 4 is 0 Å². The van der Waals surface area contributed by atoms with Gasteiger partial charge in [0.2, 0.25) is 0 Å². The van der Waals surface area contributed by atoms with Crippen molar-refractivity contribution in [3.05, 3.63) is 0 Å². The van der Waals surface area contributed by atoms with E-state index in [1.54, 1.807) is 0 Å². The SMILES string of the molecule is CN1C[C@H](CO)[C@@H](O)C1. The van der Waals surface area contributed by atoms with Crippen molar-refractivity contribution in [2.24, 2.45) is 5.92 Å². The summed E-state index contributed by atoms with van der Waals surface area (Å²) < 4.78 is 0. The topological polar surface area (TPSA) is 43.7 Å². The molecule has 0 aliphatic carbocycles. The third-order valence-electron chi connectivity index (χ3n) is 1.82. The van der Waals surface area contributed by atoms with Gasteiger partial charge in [0.05, 0.1) is 6.10 Å². The van der Waals surface area contributed by atoms with E-state index in [1.165, 1.54) is 0 Å². The molecule has 0 aromatic heterocycles. The minimum absolute atomic E-state index is 0.0787. The zero-order chi connectivity index (χ0) is 6.85. The van der Waals surface area contributed by atoms with Crippen LogP contribution in [0, 0.1) is 5.92 Å². The first-order valence-electron chi connectivity index (χ1n) is 3.21. The average Bonchev–Trinajstić information content (AvgIpc) is 2.10. The first-order valence-corrected chi connectivity index (χ1v) is 3.21. The largest absolute Gasteiger partial charge is 0.396 e. The molecule has 54 valence electrons. The van der Waals surface area contributed by atoms with Gasteiger partial charge in [0.1, 0.15) is 0 Å². The lowest BCUT2D eigenvalue weighted by Crippen LogP contribution is -2.20. The highest BCUT2D eigenvalue weighted by Gasteiger charge is 2.27. The minimum atomic E-state index is -0.319. The van der Waals surface area contributed by atoms with E-state index < -0.39 is 0 Å². The predicted octanol–water partition coefficient (Wildman–Crippen LogP) is -1.10. The summed E-state index contributed by atoms with van der Waals surface area (Å²) in [5, 5.41) is 17.8. The van der Waals surface area contributed by atoms with Crippen LogP contribution in [-0.2, 0) is 0 Å². The molecular weight excluding hydrogens is 118 g/mol. The third kappa shape index (κ3) is 1.41. The summed E-state index contributed by atoms with van der Waals surface area (Å²) >= 11 is 0. The maximum atomic E-state index is 9.16. The number of likely N-dealkylation sites (tertiary alicyclic amines) is 1. The van der Waals surface area contributed by atoms with Crippen LogP contribution >= 0.6 is 0 Å². The monoisotopic (exact) mass is 131 g/mol. The number of nitrogens with zero attached hydrogens (tertiary/aromatic N) is 1. The summed E-state index contributed by atoms with van der Waals surface area (Å²) in [6.45, 7) is 1.62. The van der Waals surface area contributed by atoms with Crippen LogP contribution in [0.5, 0.6) is 0 Å². The third-order valence-corrected chi connectivity index (χ3v) is 1.82. The molecule has 2 atom stereocenters. The van der Waals surface area contributed by atoms with Crippen LogP contribution in [0.4, 0.5) is 0 Å². The first kappa shape index (κ1) is 6.99. The molecule has 0 aromatic carbocycles. The Balaban J connectivity index is 2.38. The number of hydrogen-bond donors (Lipinski definition) is 2. The van der Waals surface area contributed by atoms with E-state index in [9.17, 15) is 0 Å². The lowest BCUT2D eigenvalue weighted by Gasteiger charge is -2.07. The Labute approximate surface area is 54.9 Å². The maximum Gasteiger partial charge on any atom is 0.0729 e. The van der Waals surface area contributed by atoms with E-state index in [2.05, 4.69) is 0 Å². The summed E-state index contributed by atoms with van der Waals surface area (Å²) in [5.74, 6) is 0.0787. The van der Waals surface area contributed by atoms with Crippen molar-refractivity contribution in [3.8, 4) is 0 Å². The van der Waals surface area contributed by atoms with Gasteiger partial charge >= 0.3 is 0 Å². The van der Waals surface area contributed by atoms with Gasteiger partial charge in [-0.05, 0) is 7.05 Å². The molecule has 0 spiro atoms. The molecular formula is C6H13NO2. The van der Waals surface area contributed by atoms with E-state index in [0.717, 1.165) is 6.54 Å². The zero-order valence-electron chi connectivity index (χ0n) is 5.62. The van der Waals surface area contributed by atoms with Crippen molar-refractivity contribution in [2.75, 3.05) is 26.7 Å². The van der Waals surface area contributed by atoms with Gasteiger partial charge in [-0.25, -0.2) is 0 Å². The predicted molar refractivity (Wildman–Crippen MR) is 34.1 cm³/mol. The van der Waals surface area contributed by atoms with Gasteiger partial charge in [0, 0.05) is 25.6 Å². The number of hydrogen-bond acceptors (Lipinski definition) is 3. The Morgan fingerprint density at radius 3 is 2.44 bits per heavy atom. The molecule has 1 heterocycles. The van der Waals surface area contributed by atoms with Crippen molar-refractivity contribution < 1.29 is 10.2 Å². The summed E-state index contributed by atoms with van der Waals surface area (Å²) in [4.78, 5) is 2.02. The van der Waals surface area contributed by atoms with Gasteiger partial charge in [-0.1, -0.05) is 0 Å². The van der Waals surface area contributed by atoms with Crippen molar-refractivity contribution in [1.82, 2.24) is 4.90 Å². The highest BCUT2D eigenvalue weighted by Crippen LogP contribution is 2.13. The standard InChI is InChI=1S/C6H13NO2/c1-7-2-5(4-8)6(9)3-7/h5-6,8-9H,2-4H2,1H3/t5-,6+/m1/s1. The van der Waals surface area contributed by atoms with Crippen LogP contribution in [-0.4, -0.2) is 48.0 Å². The van der Waals surface area contributed by atoms with E-state index in [0.29, 0.717) is 6.54 Å². The van der Waals surface area contributed by atoms with Crippen LogP contribution in [0.1, 0.15) is 0 Å². The van der Waals surface area contributed by atoms with Crippen molar-refractivity contribution in [1.29, 1.82) is 0 Å². The zero-order valence-corrected chi connectivity index (χ0v) is 5.62. The summed E-state index contributed by atoms with van der Waals surface area (Å²) in [5.41, 5.74) is 0. The van der Waals surface area contributed by atoms with Gasteiger partial charge in [0.15, 0.2) is 0 Å². The fourth-order valence-corrected chi connectivity index (χ4v) is 1.24. The second-order valence-electron chi connectivity index (χ2n) is 2.73. The van der Waals surface area contributed by atoms with Gasteiger partial charge in [0.25, 0.3) is 0 Å². The first-order chi connectivity index (χ1) is 4.24. The molecule has 0 radical (unpaired) electrons. The van der Waals surface area contributed by atoms with E-state index >= 15 is 0 Å². The van der Waals surface area contributed by atoms with Crippen LogP contribution in [0.15, 0.2) is 0 Å². The fraction of sp³-hybridized carbons (Fsp3) is 1.00. The van der Waals surface area contributed by atoms with Crippen LogP contribution < -0.4 is 0 Å². The molecule has 3 heteroatoms. The number of aliphatic hydroxyl groups excluding tert-OH is 2. The Morgan fingerprint density at radius 1 is 1.56 bits per heavy atom. The molecule has 3 nitrogen and oxygen atoms in total. The lowest BCUT2D eigenvalue weighted by atomic mass is 10.1. The van der Waals surface area contributed by atoms with E-state index in [1.807, 2.05) is 11.9 Å². The summed E-state index contributed by atoms with van der Waals surface area (Å²) in [6.07, 6.45) is -0.319. The number of aliphatic hydroxyl groups is 2. The van der Waals surface area contributed by atoms with Gasteiger partial charge in [-0.2, -0.15) is 0 Å². The molecule has 0 bridgehead atoms. The van der Waals surface area contributed by atoms with Crippen molar-refractivity contribution in [2.45, 2.75) is 6.10 Å². The highest BCUT2D eigenvalue weighted by atomic mass is 16.3. The molecule has 0 amide bonds. The fourth-order valence-electron chi connectivity index (χ4n) is 1.24.